The van der Waals surface area contributed by atoms with Gasteiger partial charge in [-0.05, 0) is 89.4 Å². The summed E-state index contributed by atoms with van der Waals surface area (Å²) < 4.78 is 27.0. The molecule has 0 atom stereocenters. The molecule has 6 rings (SSSR count). The van der Waals surface area contributed by atoms with Crippen molar-refractivity contribution in [2.75, 3.05) is 5.75 Å². The highest BCUT2D eigenvalue weighted by molar-refractivity contribution is 8.00. The van der Waals surface area contributed by atoms with Gasteiger partial charge in [0.1, 0.15) is 0 Å². The smallest absolute Gasteiger partial charge is 0.182 e. The van der Waals surface area contributed by atoms with Crippen molar-refractivity contribution < 1.29 is 8.42 Å². The fourth-order valence-electron chi connectivity index (χ4n) is 4.96. The molecular weight excluding hydrogens is 518 g/mol. The topological polar surface area (TPSA) is 46.2 Å². The molecule has 0 bridgehead atoms. The third-order valence-corrected chi connectivity index (χ3v) is 9.50. The number of halogens is 1. The van der Waals surface area contributed by atoms with Crippen LogP contribution >= 0.6 is 22.9 Å². The first kappa shape index (κ1) is 25.5. The molecule has 2 heterocycles. The van der Waals surface area contributed by atoms with E-state index in [0.29, 0.717) is 9.24 Å². The Morgan fingerprint density at radius 1 is 0.838 bits per heavy atom. The number of thiophene rings is 1. The Hall–Kier alpha value is -3.12. The van der Waals surface area contributed by atoms with Crippen LogP contribution in [0.4, 0.5) is 0 Å². The van der Waals surface area contributed by atoms with Gasteiger partial charge < -0.3 is 5.32 Å². The summed E-state index contributed by atoms with van der Waals surface area (Å²) in [5.41, 5.74) is 7.38. The van der Waals surface area contributed by atoms with Crippen LogP contribution in [-0.2, 0) is 29.1 Å². The second-order valence-electron chi connectivity index (χ2n) is 8.98. The molecular formula is C31H28ClNO2S2. The second-order valence-corrected chi connectivity index (χ2v) is 12.7. The zero-order valence-electron chi connectivity index (χ0n) is 20.4. The number of sulfone groups is 1. The van der Waals surface area contributed by atoms with Crippen LogP contribution in [0.3, 0.4) is 0 Å². The Bertz CT molecular complexity index is 1540. The standard InChI is InChI=1S/C25H21ClO2S2.C6H7N/c26-25-15-11-18(29-25)6-4-16-30(27,28)24-9-3-8-20-22-12-10-17-5-1-2-7-19(17)21(22)13-14-23(20)24;1-2-4-6-7-5-3-1/h1-2,4-7,9,11,13-15H,3,8,10,12,16H2;1-7H. The Morgan fingerprint density at radius 2 is 1.59 bits per heavy atom. The zero-order chi connectivity index (χ0) is 25.7. The van der Waals surface area contributed by atoms with Gasteiger partial charge in [-0.1, -0.05) is 72.3 Å². The van der Waals surface area contributed by atoms with E-state index < -0.39 is 9.84 Å². The Balaban J connectivity index is 0.000000348. The van der Waals surface area contributed by atoms with Crippen molar-refractivity contribution >= 4 is 43.8 Å². The fourth-order valence-corrected chi connectivity index (χ4v) is 7.38. The average molecular weight is 546 g/mol. The molecule has 3 aromatic rings. The van der Waals surface area contributed by atoms with Crippen LogP contribution in [0.1, 0.15) is 33.6 Å². The SMILES string of the molecule is C1=CC=CNC=C1.O=S(=O)(CC=Cc1ccc(Cl)s1)C1=CCCc2c1ccc1c2CCc2ccccc2-1. The van der Waals surface area contributed by atoms with E-state index in [9.17, 15) is 8.42 Å². The van der Waals surface area contributed by atoms with Crippen molar-refractivity contribution in [2.45, 2.75) is 25.7 Å². The average Bonchev–Trinajstić information content (AvgIpc) is 3.13. The van der Waals surface area contributed by atoms with E-state index in [0.717, 1.165) is 36.1 Å². The first-order valence-corrected chi connectivity index (χ1v) is 15.2. The number of hydrogen-bond acceptors (Lipinski definition) is 4. The van der Waals surface area contributed by atoms with Crippen molar-refractivity contribution in [3.05, 3.63) is 129 Å². The quantitative estimate of drug-likeness (QED) is 0.364. The Kier molecular flexibility index (Phi) is 7.94. The highest BCUT2D eigenvalue weighted by atomic mass is 35.5. The van der Waals surface area contributed by atoms with E-state index in [2.05, 4.69) is 35.6 Å². The van der Waals surface area contributed by atoms with Crippen molar-refractivity contribution in [3.63, 3.8) is 0 Å². The monoisotopic (exact) mass is 545 g/mol. The summed E-state index contributed by atoms with van der Waals surface area (Å²) in [6.07, 6.45) is 20.7. The second kappa shape index (κ2) is 11.5. The molecule has 0 spiro atoms. The molecule has 0 unspecified atom stereocenters. The fraction of sp³-hybridized carbons (Fsp3) is 0.161. The number of nitrogens with one attached hydrogen (secondary N) is 1. The number of hydrogen-bond donors (Lipinski definition) is 1. The van der Waals surface area contributed by atoms with E-state index >= 15 is 0 Å². The molecule has 2 aliphatic carbocycles. The molecule has 188 valence electrons. The summed E-state index contributed by atoms with van der Waals surface area (Å²) in [6, 6.07) is 16.4. The minimum atomic E-state index is -3.40. The predicted molar refractivity (Wildman–Crippen MR) is 158 cm³/mol. The van der Waals surface area contributed by atoms with E-state index in [1.54, 1.807) is 6.08 Å². The Morgan fingerprint density at radius 3 is 2.38 bits per heavy atom. The van der Waals surface area contributed by atoms with Crippen LogP contribution in [0.15, 0.2) is 97.4 Å². The van der Waals surface area contributed by atoms with Crippen LogP contribution in [0.2, 0.25) is 4.34 Å². The van der Waals surface area contributed by atoms with Gasteiger partial charge in [0, 0.05) is 17.3 Å². The van der Waals surface area contributed by atoms with Crippen LogP contribution in [0, 0.1) is 0 Å². The number of allylic oxidation sites excluding steroid dienone is 5. The lowest BCUT2D eigenvalue weighted by Gasteiger charge is -2.27. The number of rotatable bonds is 4. The molecule has 3 aliphatic rings. The molecule has 0 radical (unpaired) electrons. The van der Waals surface area contributed by atoms with Gasteiger partial charge in [-0.2, -0.15) is 0 Å². The molecule has 3 nitrogen and oxygen atoms in total. The maximum absolute atomic E-state index is 13.2. The van der Waals surface area contributed by atoms with E-state index in [4.69, 9.17) is 11.6 Å². The first-order valence-electron chi connectivity index (χ1n) is 12.4. The zero-order valence-corrected chi connectivity index (χ0v) is 22.8. The third-order valence-electron chi connectivity index (χ3n) is 6.62. The number of fused-ring (bicyclic) bond motifs is 5. The van der Waals surface area contributed by atoms with Crippen molar-refractivity contribution in [2.24, 2.45) is 0 Å². The molecule has 1 aromatic heterocycles. The van der Waals surface area contributed by atoms with Crippen LogP contribution in [0.5, 0.6) is 0 Å². The molecule has 37 heavy (non-hydrogen) atoms. The summed E-state index contributed by atoms with van der Waals surface area (Å²) in [7, 11) is -3.40. The molecule has 0 saturated carbocycles. The molecule has 0 saturated heterocycles. The molecule has 6 heteroatoms. The summed E-state index contributed by atoms with van der Waals surface area (Å²) in [5.74, 6) is -0.00624. The lowest BCUT2D eigenvalue weighted by Crippen LogP contribution is -2.15. The van der Waals surface area contributed by atoms with Gasteiger partial charge in [-0.3, -0.25) is 0 Å². The first-order chi connectivity index (χ1) is 18.0. The van der Waals surface area contributed by atoms with Crippen LogP contribution in [0.25, 0.3) is 22.1 Å². The van der Waals surface area contributed by atoms with Gasteiger partial charge >= 0.3 is 0 Å². The summed E-state index contributed by atoms with van der Waals surface area (Å²) in [4.78, 5) is 1.44. The minimum absolute atomic E-state index is 0.00624. The minimum Gasteiger partial charge on any atom is -0.368 e. The van der Waals surface area contributed by atoms with E-state index in [1.807, 2.05) is 67.1 Å². The van der Waals surface area contributed by atoms with Crippen molar-refractivity contribution in [1.29, 1.82) is 0 Å². The van der Waals surface area contributed by atoms with Gasteiger partial charge in [-0.25, -0.2) is 8.42 Å². The van der Waals surface area contributed by atoms with Gasteiger partial charge in [0.25, 0.3) is 0 Å². The summed E-state index contributed by atoms with van der Waals surface area (Å²) >= 11 is 7.40. The van der Waals surface area contributed by atoms with Gasteiger partial charge in [0.15, 0.2) is 9.84 Å². The summed E-state index contributed by atoms with van der Waals surface area (Å²) in [6.45, 7) is 0. The predicted octanol–water partition coefficient (Wildman–Crippen LogP) is 7.76. The molecule has 0 fully saturated rings. The number of benzene rings is 2. The largest absolute Gasteiger partial charge is 0.368 e. The van der Waals surface area contributed by atoms with Gasteiger partial charge in [-0.15, -0.1) is 11.3 Å². The summed E-state index contributed by atoms with van der Waals surface area (Å²) in [5, 5.41) is 2.92. The van der Waals surface area contributed by atoms with Gasteiger partial charge in [0.2, 0.25) is 0 Å². The lowest BCUT2D eigenvalue weighted by molar-refractivity contribution is 0.608. The van der Waals surface area contributed by atoms with E-state index in [-0.39, 0.29) is 5.75 Å². The maximum atomic E-state index is 13.2. The molecule has 1 aliphatic heterocycles. The molecule has 1 N–H and O–H groups in total. The highest BCUT2D eigenvalue weighted by Crippen LogP contribution is 2.41. The third kappa shape index (κ3) is 5.90. The Labute approximate surface area is 228 Å². The molecule has 2 aromatic carbocycles. The molecule has 0 amide bonds. The normalized spacial score (nSPS) is 15.5. The lowest BCUT2D eigenvalue weighted by atomic mass is 9.79. The van der Waals surface area contributed by atoms with Crippen molar-refractivity contribution in [3.8, 4) is 11.1 Å². The van der Waals surface area contributed by atoms with Crippen LogP contribution < -0.4 is 5.32 Å². The van der Waals surface area contributed by atoms with Gasteiger partial charge in [0.05, 0.1) is 15.0 Å². The maximum Gasteiger partial charge on any atom is 0.182 e. The number of aryl methyl sites for hydroxylation is 1. The van der Waals surface area contributed by atoms with Crippen LogP contribution in [-0.4, -0.2) is 14.2 Å². The van der Waals surface area contributed by atoms with Crippen molar-refractivity contribution in [1.82, 2.24) is 5.32 Å². The van der Waals surface area contributed by atoms with E-state index in [1.165, 1.54) is 39.2 Å². The highest BCUT2D eigenvalue weighted by Gasteiger charge is 2.28.